The van der Waals surface area contributed by atoms with Gasteiger partial charge in [-0.3, -0.25) is 19.7 Å². The number of thiophene rings is 1. The van der Waals surface area contributed by atoms with Crippen molar-refractivity contribution in [2.24, 2.45) is 17.3 Å². The third-order valence-corrected chi connectivity index (χ3v) is 7.28. The van der Waals surface area contributed by atoms with Gasteiger partial charge in [0, 0.05) is 4.88 Å². The summed E-state index contributed by atoms with van der Waals surface area (Å²) in [6.07, 6.45) is 0.340. The van der Waals surface area contributed by atoms with Gasteiger partial charge < -0.3 is 4.74 Å². The molecule has 1 saturated carbocycles. The molecule has 2 heterocycles. The highest BCUT2D eigenvalue weighted by Gasteiger charge is 2.70. The summed E-state index contributed by atoms with van der Waals surface area (Å²) in [5.74, 6) is -2.10. The summed E-state index contributed by atoms with van der Waals surface area (Å²) in [6, 6.07) is 13.0. The van der Waals surface area contributed by atoms with E-state index >= 15 is 0 Å². The van der Waals surface area contributed by atoms with E-state index in [2.05, 4.69) is 5.32 Å². The predicted octanol–water partition coefficient (Wildman–Crippen LogP) is 2.96. The van der Waals surface area contributed by atoms with Gasteiger partial charge in [-0.2, -0.15) is 0 Å². The Morgan fingerprint density at radius 1 is 1.11 bits per heavy atom. The summed E-state index contributed by atoms with van der Waals surface area (Å²) in [5.41, 5.74) is -1.44. The number of Topliss-reactive ketones (excluding diaryl/α,β-unsaturated/α-hetero) is 2. The van der Waals surface area contributed by atoms with E-state index in [1.807, 2.05) is 47.8 Å². The van der Waals surface area contributed by atoms with Crippen LogP contribution in [-0.4, -0.2) is 30.2 Å². The molecule has 1 aromatic carbocycles. The van der Waals surface area contributed by atoms with Crippen molar-refractivity contribution in [2.75, 3.05) is 7.11 Å². The highest BCUT2D eigenvalue weighted by Crippen LogP contribution is 2.55. The number of carbonyl (C=O) groups is 3. The van der Waals surface area contributed by atoms with Crippen LogP contribution in [0.1, 0.15) is 30.3 Å². The molecule has 2 aromatic rings. The quantitative estimate of drug-likeness (QED) is 0.634. The number of rotatable bonds is 4. The number of hydrogen-bond acceptors (Lipinski definition) is 6. The predicted molar refractivity (Wildman–Crippen MR) is 106 cm³/mol. The Labute approximate surface area is 168 Å². The van der Waals surface area contributed by atoms with Crippen LogP contribution >= 0.6 is 11.3 Å². The number of hydrogen-bond donors (Lipinski definition) is 1. The normalized spacial score (nSPS) is 34.5. The Morgan fingerprint density at radius 2 is 1.82 bits per heavy atom. The molecule has 146 valence electrons. The first kappa shape index (κ1) is 19.0. The zero-order valence-corrected chi connectivity index (χ0v) is 16.9. The van der Waals surface area contributed by atoms with Crippen molar-refractivity contribution in [2.45, 2.75) is 31.8 Å². The van der Waals surface area contributed by atoms with E-state index in [1.54, 1.807) is 13.8 Å². The summed E-state index contributed by atoms with van der Waals surface area (Å²) >= 11 is 1.52. The number of nitrogens with one attached hydrogen (secondary N) is 1. The molecule has 1 aromatic heterocycles. The van der Waals surface area contributed by atoms with Gasteiger partial charge in [0.25, 0.3) is 0 Å². The lowest BCUT2D eigenvalue weighted by Gasteiger charge is -2.30. The molecule has 0 radical (unpaired) electrons. The molecule has 1 aliphatic carbocycles. The van der Waals surface area contributed by atoms with Gasteiger partial charge in [-0.25, -0.2) is 0 Å². The van der Waals surface area contributed by atoms with E-state index in [0.717, 1.165) is 10.4 Å². The molecular formula is C22H23NO4S. The minimum absolute atomic E-state index is 0.0927. The van der Waals surface area contributed by atoms with Crippen LogP contribution in [0.15, 0.2) is 47.8 Å². The summed E-state index contributed by atoms with van der Waals surface area (Å²) in [4.78, 5) is 40.9. The summed E-state index contributed by atoms with van der Waals surface area (Å²) in [5, 5.41) is 5.21. The fraction of sp³-hybridized carbons (Fsp3) is 0.409. The van der Waals surface area contributed by atoms with Crippen molar-refractivity contribution in [3.8, 4) is 0 Å². The van der Waals surface area contributed by atoms with E-state index < -0.39 is 28.8 Å². The van der Waals surface area contributed by atoms with Crippen LogP contribution < -0.4 is 5.32 Å². The lowest BCUT2D eigenvalue weighted by atomic mass is 9.76. The van der Waals surface area contributed by atoms with Crippen molar-refractivity contribution >= 4 is 28.9 Å². The van der Waals surface area contributed by atoms with Crippen LogP contribution in [0.4, 0.5) is 0 Å². The van der Waals surface area contributed by atoms with Crippen molar-refractivity contribution in [3.63, 3.8) is 0 Å². The number of ketones is 2. The third-order valence-electron chi connectivity index (χ3n) is 6.33. The summed E-state index contributed by atoms with van der Waals surface area (Å²) < 4.78 is 5.02. The number of fused-ring (bicyclic) bond motifs is 1. The molecule has 6 heteroatoms. The molecule has 1 N–H and O–H groups in total. The number of benzene rings is 1. The Morgan fingerprint density at radius 3 is 2.43 bits per heavy atom. The van der Waals surface area contributed by atoms with Gasteiger partial charge in [0.1, 0.15) is 5.54 Å². The SMILES string of the molecule is COC(=O)[C@]1(C)N[C@H](c2cccs2)[C@@H]2C(=O)[C@@](C)(Cc3ccccc3)C(=O)[C@@H]21. The molecule has 4 rings (SSSR count). The topological polar surface area (TPSA) is 72.5 Å². The van der Waals surface area contributed by atoms with Crippen molar-refractivity contribution in [3.05, 3.63) is 58.3 Å². The molecule has 0 bridgehead atoms. The second kappa shape index (κ2) is 6.64. The first-order chi connectivity index (χ1) is 13.3. The Bertz CT molecular complexity index is 925. The molecule has 2 fully saturated rings. The average Bonchev–Trinajstić information content (AvgIpc) is 3.37. The van der Waals surface area contributed by atoms with Crippen LogP contribution in [0.25, 0.3) is 0 Å². The van der Waals surface area contributed by atoms with Gasteiger partial charge in [0.05, 0.1) is 30.4 Å². The van der Waals surface area contributed by atoms with Gasteiger partial charge in [-0.05, 0) is 37.3 Å². The van der Waals surface area contributed by atoms with Gasteiger partial charge in [-0.15, -0.1) is 11.3 Å². The number of esters is 1. The fourth-order valence-corrected chi connectivity index (χ4v) is 5.73. The van der Waals surface area contributed by atoms with E-state index in [-0.39, 0.29) is 17.6 Å². The van der Waals surface area contributed by atoms with Crippen LogP contribution in [0, 0.1) is 17.3 Å². The third kappa shape index (κ3) is 2.58. The number of methoxy groups -OCH3 is 1. The molecule has 28 heavy (non-hydrogen) atoms. The molecule has 5 nitrogen and oxygen atoms in total. The van der Waals surface area contributed by atoms with E-state index in [0.29, 0.717) is 6.42 Å². The van der Waals surface area contributed by atoms with Gasteiger partial charge in [-0.1, -0.05) is 36.4 Å². The fourth-order valence-electron chi connectivity index (χ4n) is 4.91. The Kier molecular flexibility index (Phi) is 4.51. The molecular weight excluding hydrogens is 374 g/mol. The zero-order valence-electron chi connectivity index (χ0n) is 16.1. The minimum Gasteiger partial charge on any atom is -0.468 e. The van der Waals surface area contributed by atoms with Crippen LogP contribution in [0.2, 0.25) is 0 Å². The molecule has 2 aliphatic rings. The summed E-state index contributed by atoms with van der Waals surface area (Å²) in [7, 11) is 1.31. The maximum Gasteiger partial charge on any atom is 0.326 e. The lowest BCUT2D eigenvalue weighted by Crippen LogP contribution is -2.54. The minimum atomic E-state index is -1.23. The first-order valence-corrected chi connectivity index (χ1v) is 10.2. The molecule has 5 atom stereocenters. The largest absolute Gasteiger partial charge is 0.468 e. The molecule has 1 aliphatic heterocycles. The monoisotopic (exact) mass is 397 g/mol. The van der Waals surface area contributed by atoms with Crippen LogP contribution in [0.5, 0.6) is 0 Å². The Balaban J connectivity index is 1.79. The van der Waals surface area contributed by atoms with Crippen molar-refractivity contribution < 1.29 is 19.1 Å². The molecule has 1 saturated heterocycles. The number of carbonyl (C=O) groups excluding carboxylic acids is 3. The zero-order chi connectivity index (χ0) is 20.1. The maximum atomic E-state index is 13.6. The van der Waals surface area contributed by atoms with E-state index in [9.17, 15) is 14.4 Å². The first-order valence-electron chi connectivity index (χ1n) is 9.35. The number of ether oxygens (including phenoxy) is 1. The smallest absolute Gasteiger partial charge is 0.326 e. The van der Waals surface area contributed by atoms with E-state index in [1.165, 1.54) is 18.4 Å². The van der Waals surface area contributed by atoms with Gasteiger partial charge in [0.2, 0.25) is 0 Å². The Hall–Kier alpha value is -2.31. The second-order valence-corrected chi connectivity index (χ2v) is 9.04. The van der Waals surface area contributed by atoms with Gasteiger partial charge >= 0.3 is 5.97 Å². The highest BCUT2D eigenvalue weighted by atomic mass is 32.1. The molecule has 0 unspecified atom stereocenters. The second-order valence-electron chi connectivity index (χ2n) is 8.06. The van der Waals surface area contributed by atoms with Crippen molar-refractivity contribution in [1.29, 1.82) is 0 Å². The summed E-state index contributed by atoms with van der Waals surface area (Å²) in [6.45, 7) is 3.41. The van der Waals surface area contributed by atoms with Crippen LogP contribution in [0.3, 0.4) is 0 Å². The standard InChI is InChI=1S/C22H23NO4S/c1-21(12-13-8-5-4-6-9-13)18(24)15-16(19(21)25)22(2,20(26)27-3)23-17(15)14-10-7-11-28-14/h4-11,15-17,23H,12H2,1-3H3/t15-,16-,17-,21-,22-/m1/s1. The van der Waals surface area contributed by atoms with Crippen molar-refractivity contribution in [1.82, 2.24) is 5.32 Å². The lowest BCUT2D eigenvalue weighted by molar-refractivity contribution is -0.152. The highest BCUT2D eigenvalue weighted by molar-refractivity contribution is 7.10. The maximum absolute atomic E-state index is 13.6. The molecule has 0 amide bonds. The van der Waals surface area contributed by atoms with Crippen LogP contribution in [-0.2, 0) is 25.5 Å². The average molecular weight is 397 g/mol. The van der Waals surface area contributed by atoms with Gasteiger partial charge in [0.15, 0.2) is 11.6 Å². The molecule has 0 spiro atoms. The van der Waals surface area contributed by atoms with E-state index in [4.69, 9.17) is 4.74 Å².